The number of ether oxygens (including phenoxy) is 3. The van der Waals surface area contributed by atoms with Crippen LogP contribution >= 0.6 is 7.82 Å². The van der Waals surface area contributed by atoms with E-state index < -0.39 is 57.8 Å². The SMILES string of the molecule is CC/C=C\C/C=C\C/C=C\C/C=C\CCC(=O)OCC(COP(=O)(O)OCC(CO)OC(=O)CCCCCCCCC/C=C\CCCCCCCC)OC(=O)CCCCCCCCC/C=C\C/C=C\C/C=C\CC. The maximum Gasteiger partial charge on any atom is 0.472 e. The van der Waals surface area contributed by atoms with Crippen molar-refractivity contribution in [3.05, 3.63) is 97.2 Å². The second-order valence-corrected chi connectivity index (χ2v) is 20.5. The lowest BCUT2D eigenvalue weighted by molar-refractivity contribution is -0.161. The number of carbonyl (C=O) groups is 3. The number of carbonyl (C=O) groups excluding carboxylic acids is 3. The lowest BCUT2D eigenvalue weighted by Gasteiger charge is -2.21. The maximum atomic E-state index is 12.9. The third-order valence-corrected chi connectivity index (χ3v) is 12.9. The number of esters is 3. The predicted octanol–water partition coefficient (Wildman–Crippen LogP) is 17.3. The zero-order chi connectivity index (χ0) is 54.1. The number of hydrogen-bond acceptors (Lipinski definition) is 10. The molecule has 2 N–H and O–H groups in total. The lowest BCUT2D eigenvalue weighted by Crippen LogP contribution is -2.30. The predicted molar refractivity (Wildman–Crippen MR) is 307 cm³/mol. The minimum Gasteiger partial charge on any atom is -0.462 e. The fraction of sp³-hybridized carbons (Fsp3) is 0.694. The Morgan fingerprint density at radius 2 is 0.730 bits per heavy atom. The lowest BCUT2D eigenvalue weighted by atomic mass is 10.1. The number of hydrogen-bond donors (Lipinski definition) is 2. The smallest absolute Gasteiger partial charge is 0.462 e. The highest BCUT2D eigenvalue weighted by molar-refractivity contribution is 7.47. The molecule has 12 heteroatoms. The van der Waals surface area contributed by atoms with Crippen molar-refractivity contribution in [1.29, 1.82) is 0 Å². The first-order valence-electron chi connectivity index (χ1n) is 29.1. The topological polar surface area (TPSA) is 155 Å². The van der Waals surface area contributed by atoms with Gasteiger partial charge >= 0.3 is 25.7 Å². The minimum absolute atomic E-state index is 0.0992. The van der Waals surface area contributed by atoms with Crippen molar-refractivity contribution in [1.82, 2.24) is 0 Å². The molecule has 0 bridgehead atoms. The van der Waals surface area contributed by atoms with Crippen molar-refractivity contribution in [3.63, 3.8) is 0 Å². The van der Waals surface area contributed by atoms with Crippen molar-refractivity contribution < 1.29 is 52.2 Å². The van der Waals surface area contributed by atoms with E-state index in [1.165, 1.54) is 64.2 Å². The van der Waals surface area contributed by atoms with Crippen LogP contribution in [0.1, 0.15) is 239 Å². The molecule has 0 aliphatic rings. The molecule has 11 nitrogen and oxygen atoms in total. The van der Waals surface area contributed by atoms with Gasteiger partial charge in [0.1, 0.15) is 12.7 Å². The molecule has 0 aromatic heterocycles. The molecular formula is C62H105O11P. The molecule has 0 saturated carbocycles. The zero-order valence-electron chi connectivity index (χ0n) is 46.8. The van der Waals surface area contributed by atoms with Crippen LogP contribution in [0.4, 0.5) is 0 Å². The van der Waals surface area contributed by atoms with Gasteiger partial charge in [-0.25, -0.2) is 4.57 Å². The summed E-state index contributed by atoms with van der Waals surface area (Å²) in [5.41, 5.74) is 0. The summed E-state index contributed by atoms with van der Waals surface area (Å²) in [6, 6.07) is 0. The van der Waals surface area contributed by atoms with Crippen molar-refractivity contribution in [2.24, 2.45) is 0 Å². The van der Waals surface area contributed by atoms with Crippen LogP contribution in [0, 0.1) is 0 Å². The molecule has 0 saturated heterocycles. The van der Waals surface area contributed by atoms with Crippen LogP contribution in [-0.4, -0.2) is 66.5 Å². The number of allylic oxidation sites excluding steroid dienone is 16. The number of phosphoric acid groups is 1. The summed E-state index contributed by atoms with van der Waals surface area (Å²) < 4.78 is 39.4. The molecule has 0 aliphatic heterocycles. The number of phosphoric ester groups is 1. The molecule has 0 aromatic rings. The molecule has 0 aromatic carbocycles. The van der Waals surface area contributed by atoms with Crippen molar-refractivity contribution in [2.75, 3.05) is 26.4 Å². The van der Waals surface area contributed by atoms with E-state index in [4.69, 9.17) is 23.3 Å². The van der Waals surface area contributed by atoms with Gasteiger partial charge in [0.2, 0.25) is 0 Å². The Hall–Kier alpha value is -3.60. The highest BCUT2D eigenvalue weighted by Gasteiger charge is 2.28. The number of rotatable bonds is 53. The standard InChI is InChI=1S/C62H105O11P/c1-4-7-10-13-16-19-22-25-27-29-31-34-37-40-43-46-49-52-61(65)72-58(54-63)56-70-74(67,68)71-57-59(55-69-60(64)51-48-45-42-39-36-33-24-21-18-15-12-9-6-3)73-62(66)53-50-47-44-41-38-35-32-30-28-26-23-20-17-14-11-8-5-2/h8-9,11-12,17-18,20-21,25-28,33,36,42,45,58-59,63H,4-7,10,13-16,19,22-24,29-32,34-35,37-41,43-44,46-57H2,1-3H3,(H,67,68)/b11-8-,12-9-,20-17-,21-18-,27-25-,28-26-,36-33-,45-42-. The van der Waals surface area contributed by atoms with Gasteiger partial charge in [-0.3, -0.25) is 23.4 Å². The van der Waals surface area contributed by atoms with Gasteiger partial charge in [0.05, 0.1) is 19.8 Å². The molecule has 0 spiro atoms. The highest BCUT2D eigenvalue weighted by atomic mass is 31.2. The van der Waals surface area contributed by atoms with Gasteiger partial charge in [-0.15, -0.1) is 0 Å². The van der Waals surface area contributed by atoms with Crippen LogP contribution in [0.25, 0.3) is 0 Å². The first-order chi connectivity index (χ1) is 36.2. The fourth-order valence-corrected chi connectivity index (χ4v) is 8.40. The molecule has 0 radical (unpaired) electrons. The summed E-state index contributed by atoms with van der Waals surface area (Å²) in [6.07, 6.45) is 65.2. The molecule has 74 heavy (non-hydrogen) atoms. The quantitative estimate of drug-likeness (QED) is 0.0197. The third-order valence-electron chi connectivity index (χ3n) is 12.0. The monoisotopic (exact) mass is 1060 g/mol. The van der Waals surface area contributed by atoms with Crippen LogP contribution in [0.2, 0.25) is 0 Å². The minimum atomic E-state index is -4.77. The summed E-state index contributed by atoms with van der Waals surface area (Å²) in [5, 5.41) is 9.82. The normalized spacial score (nSPS) is 14.1. The Morgan fingerprint density at radius 1 is 0.392 bits per heavy atom. The van der Waals surface area contributed by atoms with E-state index in [-0.39, 0.29) is 25.9 Å². The molecule has 0 fully saturated rings. The Balaban J connectivity index is 4.76. The van der Waals surface area contributed by atoms with E-state index in [0.29, 0.717) is 19.3 Å². The van der Waals surface area contributed by atoms with Gasteiger partial charge in [-0.2, -0.15) is 0 Å². The van der Waals surface area contributed by atoms with E-state index in [2.05, 4.69) is 106 Å². The van der Waals surface area contributed by atoms with E-state index in [1.54, 1.807) is 0 Å². The van der Waals surface area contributed by atoms with Crippen molar-refractivity contribution in [3.8, 4) is 0 Å². The van der Waals surface area contributed by atoms with Crippen LogP contribution in [0.5, 0.6) is 0 Å². The molecule has 3 unspecified atom stereocenters. The molecule has 0 rings (SSSR count). The molecule has 0 amide bonds. The summed E-state index contributed by atoms with van der Waals surface area (Å²) >= 11 is 0. The second kappa shape index (κ2) is 55.6. The zero-order valence-corrected chi connectivity index (χ0v) is 47.7. The van der Waals surface area contributed by atoms with E-state index >= 15 is 0 Å². The number of aliphatic hydroxyl groups is 1. The molecule has 0 heterocycles. The van der Waals surface area contributed by atoms with Crippen molar-refractivity contribution >= 4 is 25.7 Å². The summed E-state index contributed by atoms with van der Waals surface area (Å²) in [6.45, 7) is 4.32. The number of unbranched alkanes of at least 4 members (excludes halogenated alkanes) is 20. The Kier molecular flexibility index (Phi) is 52.9. The Bertz CT molecular complexity index is 1610. The van der Waals surface area contributed by atoms with Gasteiger partial charge in [-0.05, 0) is 103 Å². The Labute approximate surface area is 451 Å². The summed E-state index contributed by atoms with van der Waals surface area (Å²) in [4.78, 5) is 48.5. The molecular weight excluding hydrogens is 952 g/mol. The first-order valence-corrected chi connectivity index (χ1v) is 30.6. The van der Waals surface area contributed by atoms with Gasteiger partial charge in [0.15, 0.2) is 6.10 Å². The van der Waals surface area contributed by atoms with Gasteiger partial charge in [0.25, 0.3) is 0 Å². The van der Waals surface area contributed by atoms with E-state index in [1.807, 2.05) is 12.2 Å². The second-order valence-electron chi connectivity index (χ2n) is 19.0. The van der Waals surface area contributed by atoms with Crippen LogP contribution in [0.15, 0.2) is 97.2 Å². The largest absolute Gasteiger partial charge is 0.472 e. The van der Waals surface area contributed by atoms with E-state index in [9.17, 15) is 28.9 Å². The molecule has 0 aliphatic carbocycles. The fourth-order valence-electron chi connectivity index (χ4n) is 7.61. The number of aliphatic hydroxyl groups excluding tert-OH is 1. The van der Waals surface area contributed by atoms with Gasteiger partial charge in [0, 0.05) is 19.3 Å². The van der Waals surface area contributed by atoms with Crippen molar-refractivity contribution in [2.45, 2.75) is 251 Å². The average molecular weight is 1060 g/mol. The van der Waals surface area contributed by atoms with Crippen LogP contribution in [0.3, 0.4) is 0 Å². The van der Waals surface area contributed by atoms with Crippen LogP contribution in [-0.2, 0) is 42.2 Å². The summed E-state index contributed by atoms with van der Waals surface area (Å²) in [5.74, 6) is -1.58. The molecule has 3 atom stereocenters. The highest BCUT2D eigenvalue weighted by Crippen LogP contribution is 2.43. The van der Waals surface area contributed by atoms with Gasteiger partial charge < -0.3 is 24.2 Å². The first kappa shape index (κ1) is 70.4. The third kappa shape index (κ3) is 53.2. The average Bonchev–Trinajstić information content (AvgIpc) is 3.39. The van der Waals surface area contributed by atoms with E-state index in [0.717, 1.165) is 116 Å². The molecule has 424 valence electrons. The maximum absolute atomic E-state index is 12.9. The van der Waals surface area contributed by atoms with Gasteiger partial charge in [-0.1, -0.05) is 214 Å². The Morgan fingerprint density at radius 3 is 1.15 bits per heavy atom. The van der Waals surface area contributed by atoms with Crippen LogP contribution < -0.4 is 0 Å². The summed E-state index contributed by atoms with van der Waals surface area (Å²) in [7, 11) is -4.77.